The van der Waals surface area contributed by atoms with E-state index in [2.05, 4.69) is 11.0 Å². The number of likely N-dealkylation sites (tertiary alicyclic amines) is 1. The zero-order valence-corrected chi connectivity index (χ0v) is 31.2. The molecular weight excluding hydrogens is 695 g/mol. The van der Waals surface area contributed by atoms with E-state index in [9.17, 15) is 20.0 Å². The molecule has 272 valence electrons. The molecule has 11 heteroatoms. The Morgan fingerprint density at radius 2 is 1.80 bits per heavy atom. The maximum Gasteiger partial charge on any atom is 0.335 e. The number of rotatable bonds is 10. The lowest BCUT2D eigenvalue weighted by Gasteiger charge is -2.46. The van der Waals surface area contributed by atoms with Crippen molar-refractivity contribution in [2.75, 3.05) is 18.6 Å². The number of benzene rings is 3. The molecule has 3 aromatic carbocycles. The molecule has 4 atom stereocenters. The van der Waals surface area contributed by atoms with Crippen LogP contribution in [-0.4, -0.2) is 47.7 Å². The standard InChI is InChI=1S/C40H45Cl2F2N3O4/c1-24(48)47(33-17-14-26(38(49)50)19-34(33)51-5)36(18-25-10-7-6-8-11-25)46-22-30(28-12-9-13-31(42)37(28)44)40(23-45,35(46)21-39(2,3)4)29-16-15-27(41)20-32(29)43/h9,12-17,19-20,25,30,35-36H,6-8,10-11,18,21-22H2,1-5H3,(H,49,50)/t30?,35?,36?,40-/m1/s1. The van der Waals surface area contributed by atoms with E-state index in [0.29, 0.717) is 18.5 Å². The van der Waals surface area contributed by atoms with Crippen LogP contribution < -0.4 is 9.64 Å². The van der Waals surface area contributed by atoms with Crippen LogP contribution in [0.4, 0.5) is 14.5 Å². The van der Waals surface area contributed by atoms with Gasteiger partial charge in [0.15, 0.2) is 0 Å². The first-order valence-corrected chi connectivity index (χ1v) is 18.2. The fraction of sp³-hybridized carbons (Fsp3) is 0.475. The van der Waals surface area contributed by atoms with Crippen LogP contribution in [0.5, 0.6) is 5.75 Å². The van der Waals surface area contributed by atoms with Crippen molar-refractivity contribution in [3.63, 3.8) is 0 Å². The van der Waals surface area contributed by atoms with E-state index >= 15 is 8.78 Å². The first-order chi connectivity index (χ1) is 24.1. The summed E-state index contributed by atoms with van der Waals surface area (Å²) in [4.78, 5) is 29.6. The van der Waals surface area contributed by atoms with Gasteiger partial charge in [0.1, 0.15) is 22.8 Å². The predicted octanol–water partition coefficient (Wildman–Crippen LogP) is 9.99. The topological polar surface area (TPSA) is 93.9 Å². The minimum atomic E-state index is -1.65. The van der Waals surface area contributed by atoms with Gasteiger partial charge in [-0.1, -0.05) is 94.3 Å². The van der Waals surface area contributed by atoms with E-state index in [1.165, 1.54) is 50.4 Å². The SMILES string of the molecule is COc1cc(C(=O)O)ccc1N(C(C)=O)C(CC1CCCCC1)N1CC(c2cccc(Cl)c2F)[C@@](C#N)(c2ccc(Cl)cc2F)C1CC(C)(C)C. The second-order valence-corrected chi connectivity index (χ2v) is 15.9. The minimum Gasteiger partial charge on any atom is -0.495 e. The average molecular weight is 741 g/mol. The summed E-state index contributed by atoms with van der Waals surface area (Å²) in [6, 6.07) is 15.1. The molecule has 3 unspecified atom stereocenters. The third-order valence-corrected chi connectivity index (χ3v) is 11.1. The zero-order valence-electron chi connectivity index (χ0n) is 29.7. The molecule has 7 nitrogen and oxygen atoms in total. The Morgan fingerprint density at radius 3 is 2.39 bits per heavy atom. The summed E-state index contributed by atoms with van der Waals surface area (Å²) < 4.78 is 38.3. The van der Waals surface area contributed by atoms with Crippen LogP contribution in [0.3, 0.4) is 0 Å². The van der Waals surface area contributed by atoms with Crippen molar-refractivity contribution in [2.24, 2.45) is 11.3 Å². The van der Waals surface area contributed by atoms with Crippen molar-refractivity contribution in [3.05, 3.63) is 93.0 Å². The van der Waals surface area contributed by atoms with E-state index in [1.54, 1.807) is 23.1 Å². The number of hydrogen-bond acceptors (Lipinski definition) is 5. The highest BCUT2D eigenvalue weighted by Crippen LogP contribution is 2.55. The van der Waals surface area contributed by atoms with Crippen LogP contribution >= 0.6 is 23.2 Å². The van der Waals surface area contributed by atoms with E-state index < -0.39 is 46.6 Å². The molecule has 5 rings (SSSR count). The molecule has 1 heterocycles. The summed E-state index contributed by atoms with van der Waals surface area (Å²) in [5.41, 5.74) is -1.44. The summed E-state index contributed by atoms with van der Waals surface area (Å²) in [5.74, 6) is -3.35. The number of carbonyl (C=O) groups excluding carboxylic acids is 1. The summed E-state index contributed by atoms with van der Waals surface area (Å²) in [6.07, 6.45) is 5.26. The van der Waals surface area contributed by atoms with Gasteiger partial charge >= 0.3 is 5.97 Å². The molecule has 3 aromatic rings. The Kier molecular flexibility index (Phi) is 11.7. The normalized spacial score (nSPS) is 22.0. The molecule has 0 bridgehead atoms. The van der Waals surface area contributed by atoms with Crippen molar-refractivity contribution in [1.82, 2.24) is 4.90 Å². The Hall–Kier alpha value is -3.71. The van der Waals surface area contributed by atoms with Crippen LogP contribution in [0.15, 0.2) is 54.6 Å². The molecule has 0 radical (unpaired) electrons. The van der Waals surface area contributed by atoms with E-state index in [0.717, 1.165) is 32.1 Å². The molecule has 1 amide bonds. The molecule has 0 spiro atoms. The number of aromatic carboxylic acids is 1. The number of ether oxygens (including phenoxy) is 1. The second kappa shape index (κ2) is 15.5. The Bertz CT molecular complexity index is 1820. The lowest BCUT2D eigenvalue weighted by molar-refractivity contribution is -0.118. The third kappa shape index (κ3) is 7.74. The highest BCUT2D eigenvalue weighted by atomic mass is 35.5. The number of nitrogens with zero attached hydrogens (tertiary/aromatic N) is 3. The first-order valence-electron chi connectivity index (χ1n) is 17.4. The number of carboxylic acids is 1. The van der Waals surface area contributed by atoms with Crippen LogP contribution in [0.2, 0.25) is 10.0 Å². The van der Waals surface area contributed by atoms with Gasteiger partial charge in [-0.15, -0.1) is 0 Å². The number of halogens is 4. The summed E-state index contributed by atoms with van der Waals surface area (Å²) in [5, 5.41) is 21.3. The lowest BCUT2D eigenvalue weighted by atomic mass is 9.64. The fourth-order valence-corrected chi connectivity index (χ4v) is 8.70. The van der Waals surface area contributed by atoms with E-state index in [4.69, 9.17) is 27.9 Å². The highest BCUT2D eigenvalue weighted by Gasteiger charge is 2.60. The molecule has 1 saturated carbocycles. The number of anilines is 1. The second-order valence-electron chi connectivity index (χ2n) is 15.1. The van der Waals surface area contributed by atoms with Gasteiger partial charge in [0, 0.05) is 36.0 Å². The van der Waals surface area contributed by atoms with Crippen LogP contribution in [-0.2, 0) is 10.2 Å². The van der Waals surface area contributed by atoms with Gasteiger partial charge in [0.05, 0.1) is 35.6 Å². The monoisotopic (exact) mass is 739 g/mol. The third-order valence-electron chi connectivity index (χ3n) is 10.6. The minimum absolute atomic E-state index is 0.00655. The zero-order chi connectivity index (χ0) is 37.2. The van der Waals surface area contributed by atoms with Gasteiger partial charge in [-0.2, -0.15) is 5.26 Å². The van der Waals surface area contributed by atoms with Crippen molar-refractivity contribution in [1.29, 1.82) is 5.26 Å². The van der Waals surface area contributed by atoms with Crippen molar-refractivity contribution >= 4 is 40.8 Å². The van der Waals surface area contributed by atoms with Crippen LogP contribution in [0.1, 0.15) is 100 Å². The van der Waals surface area contributed by atoms with E-state index in [-0.39, 0.29) is 50.9 Å². The molecule has 2 fully saturated rings. The number of amides is 1. The maximum absolute atomic E-state index is 16.4. The largest absolute Gasteiger partial charge is 0.495 e. The molecule has 0 aromatic heterocycles. The van der Waals surface area contributed by atoms with Crippen LogP contribution in [0.25, 0.3) is 0 Å². The average Bonchev–Trinajstić information content (AvgIpc) is 3.38. The van der Waals surface area contributed by atoms with E-state index in [1.807, 2.05) is 20.8 Å². The smallest absolute Gasteiger partial charge is 0.335 e. The molecule has 1 N–H and O–H groups in total. The van der Waals surface area contributed by atoms with Gasteiger partial charge in [-0.3, -0.25) is 14.6 Å². The predicted molar refractivity (Wildman–Crippen MR) is 196 cm³/mol. The molecule has 51 heavy (non-hydrogen) atoms. The van der Waals surface area contributed by atoms with Crippen molar-refractivity contribution < 1.29 is 28.2 Å². The Balaban J connectivity index is 1.83. The van der Waals surface area contributed by atoms with Gasteiger partial charge in [-0.05, 0) is 66.1 Å². The Morgan fingerprint density at radius 1 is 1.10 bits per heavy atom. The van der Waals surface area contributed by atoms with Crippen LogP contribution in [0, 0.1) is 34.3 Å². The molecule has 1 aliphatic heterocycles. The van der Waals surface area contributed by atoms with Crippen molar-refractivity contribution in [3.8, 4) is 11.8 Å². The van der Waals surface area contributed by atoms with Gasteiger partial charge in [-0.25, -0.2) is 13.6 Å². The van der Waals surface area contributed by atoms with Gasteiger partial charge < -0.3 is 9.84 Å². The highest BCUT2D eigenvalue weighted by molar-refractivity contribution is 6.31. The molecule has 2 aliphatic rings. The first kappa shape index (κ1) is 38.5. The number of methoxy groups -OCH3 is 1. The molecule has 1 saturated heterocycles. The number of hydrogen-bond donors (Lipinski definition) is 1. The summed E-state index contributed by atoms with van der Waals surface area (Å²) in [6.45, 7) is 7.63. The quantitative estimate of drug-likeness (QED) is 0.223. The number of nitriles is 1. The number of carbonyl (C=O) groups is 2. The Labute approximate surface area is 309 Å². The summed E-state index contributed by atoms with van der Waals surface area (Å²) >= 11 is 12.6. The van der Waals surface area contributed by atoms with Gasteiger partial charge in [0.25, 0.3) is 0 Å². The summed E-state index contributed by atoms with van der Waals surface area (Å²) in [7, 11) is 1.42. The fourth-order valence-electron chi connectivity index (χ4n) is 8.36. The number of carboxylic acid groups (broad SMARTS) is 1. The lowest BCUT2D eigenvalue weighted by Crippen LogP contribution is -2.56. The maximum atomic E-state index is 16.4. The van der Waals surface area contributed by atoms with Gasteiger partial charge in [0.2, 0.25) is 5.91 Å². The van der Waals surface area contributed by atoms with Crippen molar-refractivity contribution in [2.45, 2.75) is 96.2 Å². The molecular formula is C40H45Cl2F2N3O4. The molecule has 1 aliphatic carbocycles.